The maximum atomic E-state index is 11.8. The molecule has 2 rings (SSSR count). The van der Waals surface area contributed by atoms with Crippen LogP contribution < -0.4 is 0 Å². The lowest BCUT2D eigenvalue weighted by Crippen LogP contribution is -2.29. The van der Waals surface area contributed by atoms with Crippen molar-refractivity contribution >= 4 is 5.97 Å². The molecule has 19 heavy (non-hydrogen) atoms. The van der Waals surface area contributed by atoms with Crippen molar-refractivity contribution in [1.29, 1.82) is 0 Å². The van der Waals surface area contributed by atoms with Crippen molar-refractivity contribution in [3.8, 4) is 0 Å². The average Bonchev–Trinajstić information content (AvgIpc) is 2.47. The van der Waals surface area contributed by atoms with Crippen LogP contribution in [0.2, 0.25) is 0 Å². The van der Waals surface area contributed by atoms with Gasteiger partial charge in [-0.15, -0.1) is 0 Å². The minimum atomic E-state index is -1.19. The number of hydrogen-bond donors (Lipinski definition) is 1. The van der Waals surface area contributed by atoms with Crippen LogP contribution in [0.25, 0.3) is 0 Å². The van der Waals surface area contributed by atoms with E-state index in [1.54, 1.807) is 43.3 Å². The number of carbonyl (C=O) groups excluding carboxylic acids is 1. The van der Waals surface area contributed by atoms with E-state index in [1.807, 2.05) is 24.3 Å². The third-order valence-corrected chi connectivity index (χ3v) is 2.89. The summed E-state index contributed by atoms with van der Waals surface area (Å²) in [6, 6.07) is 17.9. The molecule has 0 aliphatic rings. The highest BCUT2D eigenvalue weighted by atomic mass is 16.5. The van der Waals surface area contributed by atoms with E-state index in [9.17, 15) is 9.90 Å². The number of carbonyl (C=O) groups is 1. The molecule has 0 saturated heterocycles. The number of hydrogen-bond acceptors (Lipinski definition) is 3. The van der Waals surface area contributed by atoms with E-state index in [0.717, 1.165) is 5.56 Å². The first-order chi connectivity index (χ1) is 9.09. The SMILES string of the molecule is CC(O)(COC(=O)c1ccccc1)c1ccccc1. The molecule has 0 aromatic heterocycles. The van der Waals surface area contributed by atoms with Crippen molar-refractivity contribution in [3.05, 3.63) is 71.8 Å². The first kappa shape index (κ1) is 13.3. The maximum Gasteiger partial charge on any atom is 0.338 e. The molecule has 0 aliphatic carbocycles. The summed E-state index contributed by atoms with van der Waals surface area (Å²) in [5.74, 6) is -0.434. The second-order valence-corrected chi connectivity index (χ2v) is 4.58. The van der Waals surface area contributed by atoms with Gasteiger partial charge in [-0.1, -0.05) is 48.5 Å². The lowest BCUT2D eigenvalue weighted by Gasteiger charge is -2.23. The van der Waals surface area contributed by atoms with Crippen LogP contribution in [0.15, 0.2) is 60.7 Å². The van der Waals surface area contributed by atoms with Crippen LogP contribution in [0, 0.1) is 0 Å². The van der Waals surface area contributed by atoms with E-state index in [-0.39, 0.29) is 6.61 Å². The molecule has 0 fully saturated rings. The van der Waals surface area contributed by atoms with Gasteiger partial charge < -0.3 is 9.84 Å². The molecule has 0 aliphatic heterocycles. The Morgan fingerprint density at radius 2 is 1.58 bits per heavy atom. The molecule has 0 bridgehead atoms. The lowest BCUT2D eigenvalue weighted by molar-refractivity contribution is -0.0240. The van der Waals surface area contributed by atoms with E-state index >= 15 is 0 Å². The Morgan fingerprint density at radius 1 is 1.05 bits per heavy atom. The van der Waals surface area contributed by atoms with Crippen LogP contribution >= 0.6 is 0 Å². The Balaban J connectivity index is 2.01. The van der Waals surface area contributed by atoms with Gasteiger partial charge in [-0.25, -0.2) is 4.79 Å². The van der Waals surface area contributed by atoms with Crippen molar-refractivity contribution in [2.75, 3.05) is 6.61 Å². The van der Waals surface area contributed by atoms with Crippen LogP contribution in [-0.2, 0) is 10.3 Å². The molecule has 0 saturated carbocycles. The average molecular weight is 256 g/mol. The van der Waals surface area contributed by atoms with Crippen molar-refractivity contribution in [2.45, 2.75) is 12.5 Å². The highest BCUT2D eigenvalue weighted by Gasteiger charge is 2.25. The third-order valence-electron chi connectivity index (χ3n) is 2.89. The number of ether oxygens (including phenoxy) is 1. The van der Waals surface area contributed by atoms with Gasteiger partial charge in [0.2, 0.25) is 0 Å². The molecule has 0 radical (unpaired) electrons. The number of rotatable bonds is 4. The zero-order valence-corrected chi connectivity index (χ0v) is 10.7. The lowest BCUT2D eigenvalue weighted by atomic mass is 9.97. The Morgan fingerprint density at radius 3 is 2.16 bits per heavy atom. The van der Waals surface area contributed by atoms with Crippen LogP contribution in [0.3, 0.4) is 0 Å². The Bertz CT molecular complexity index is 532. The van der Waals surface area contributed by atoms with Crippen LogP contribution in [0.4, 0.5) is 0 Å². The number of aliphatic hydroxyl groups is 1. The summed E-state index contributed by atoms with van der Waals surface area (Å²) < 4.78 is 5.16. The van der Waals surface area contributed by atoms with Gasteiger partial charge >= 0.3 is 5.97 Å². The maximum absolute atomic E-state index is 11.8. The summed E-state index contributed by atoms with van der Waals surface area (Å²) in [5.41, 5.74) is 0.00771. The number of esters is 1. The van der Waals surface area contributed by atoms with Gasteiger partial charge in [-0.2, -0.15) is 0 Å². The molecular weight excluding hydrogens is 240 g/mol. The Kier molecular flexibility index (Phi) is 3.97. The zero-order valence-electron chi connectivity index (χ0n) is 10.7. The molecule has 0 spiro atoms. The first-order valence-corrected chi connectivity index (χ1v) is 6.10. The van der Waals surface area contributed by atoms with Gasteiger partial charge in [0, 0.05) is 0 Å². The summed E-state index contributed by atoms with van der Waals surface area (Å²) in [6.07, 6.45) is 0. The largest absolute Gasteiger partial charge is 0.459 e. The summed E-state index contributed by atoms with van der Waals surface area (Å²) in [7, 11) is 0. The summed E-state index contributed by atoms with van der Waals surface area (Å²) in [6.45, 7) is 1.55. The molecule has 1 unspecified atom stereocenters. The van der Waals surface area contributed by atoms with Crippen LogP contribution in [-0.4, -0.2) is 17.7 Å². The van der Waals surface area contributed by atoms with E-state index in [2.05, 4.69) is 0 Å². The molecule has 2 aromatic rings. The predicted octanol–water partition coefficient (Wildman–Crippen LogP) is 2.75. The second kappa shape index (κ2) is 5.67. The van der Waals surface area contributed by atoms with Crippen molar-refractivity contribution < 1.29 is 14.6 Å². The van der Waals surface area contributed by atoms with Crippen LogP contribution in [0.5, 0.6) is 0 Å². The summed E-state index contributed by atoms with van der Waals surface area (Å²) in [5, 5.41) is 10.3. The minimum absolute atomic E-state index is 0.0786. The van der Waals surface area contributed by atoms with Crippen molar-refractivity contribution in [1.82, 2.24) is 0 Å². The molecule has 98 valence electrons. The Labute approximate surface area is 112 Å². The number of benzene rings is 2. The van der Waals surface area contributed by atoms with Gasteiger partial charge in [0.25, 0.3) is 0 Å². The van der Waals surface area contributed by atoms with Gasteiger partial charge in [-0.3, -0.25) is 0 Å². The fraction of sp³-hybridized carbons (Fsp3) is 0.188. The molecule has 1 atom stereocenters. The summed E-state index contributed by atoms with van der Waals surface area (Å²) >= 11 is 0. The van der Waals surface area contributed by atoms with Gasteiger partial charge in [0.1, 0.15) is 12.2 Å². The quantitative estimate of drug-likeness (QED) is 0.856. The Hall–Kier alpha value is -2.13. The van der Waals surface area contributed by atoms with E-state index < -0.39 is 11.6 Å². The van der Waals surface area contributed by atoms with Gasteiger partial charge in [0.05, 0.1) is 5.56 Å². The smallest absolute Gasteiger partial charge is 0.338 e. The molecule has 0 amide bonds. The van der Waals surface area contributed by atoms with Gasteiger partial charge in [-0.05, 0) is 24.6 Å². The highest BCUT2D eigenvalue weighted by molar-refractivity contribution is 5.89. The normalized spacial score (nSPS) is 13.6. The predicted molar refractivity (Wildman–Crippen MR) is 72.7 cm³/mol. The van der Waals surface area contributed by atoms with Crippen LogP contribution in [0.1, 0.15) is 22.8 Å². The fourth-order valence-corrected chi connectivity index (χ4v) is 1.74. The standard InChI is InChI=1S/C16H16O3/c1-16(18,14-10-6-3-7-11-14)12-19-15(17)13-8-4-2-5-9-13/h2-11,18H,12H2,1H3. The van der Waals surface area contributed by atoms with E-state index in [4.69, 9.17) is 4.74 Å². The molecule has 3 heteroatoms. The fourth-order valence-electron chi connectivity index (χ4n) is 1.74. The molecule has 2 aromatic carbocycles. The zero-order chi connectivity index (χ0) is 13.7. The topological polar surface area (TPSA) is 46.5 Å². The third kappa shape index (κ3) is 3.42. The molecule has 3 nitrogen and oxygen atoms in total. The van der Waals surface area contributed by atoms with Crippen molar-refractivity contribution in [2.24, 2.45) is 0 Å². The van der Waals surface area contributed by atoms with Gasteiger partial charge in [0.15, 0.2) is 0 Å². The van der Waals surface area contributed by atoms with E-state index in [0.29, 0.717) is 5.56 Å². The molecular formula is C16H16O3. The summed E-state index contributed by atoms with van der Waals surface area (Å²) in [4.78, 5) is 11.8. The second-order valence-electron chi connectivity index (χ2n) is 4.58. The monoisotopic (exact) mass is 256 g/mol. The first-order valence-electron chi connectivity index (χ1n) is 6.10. The van der Waals surface area contributed by atoms with E-state index in [1.165, 1.54) is 0 Å². The minimum Gasteiger partial charge on any atom is -0.459 e. The highest BCUT2D eigenvalue weighted by Crippen LogP contribution is 2.20. The van der Waals surface area contributed by atoms with Crippen molar-refractivity contribution in [3.63, 3.8) is 0 Å². The molecule has 1 N–H and O–H groups in total. The molecule has 0 heterocycles.